The van der Waals surface area contributed by atoms with Gasteiger partial charge in [0.05, 0.1) is 27.7 Å². The molecule has 10 heteroatoms. The van der Waals surface area contributed by atoms with Crippen molar-refractivity contribution in [2.24, 2.45) is 0 Å². The Morgan fingerprint density at radius 2 is 0.905 bits per heavy atom. The molecule has 0 rings (SSSR count). The quantitative estimate of drug-likeness (QED) is 0.0212. The molecular weight excluding hydrogens is 810 g/mol. The summed E-state index contributed by atoms with van der Waals surface area (Å²) in [6, 6.07) is 0. The highest BCUT2D eigenvalue weighted by molar-refractivity contribution is 7.47. The van der Waals surface area contributed by atoms with E-state index in [4.69, 9.17) is 18.5 Å². The molecule has 358 valence electrons. The molecule has 0 saturated heterocycles. The number of unbranched alkanes of at least 4 members (excludes halogenated alkanes) is 10. The number of quaternary nitrogens is 1. The van der Waals surface area contributed by atoms with Crippen LogP contribution in [0.4, 0.5) is 0 Å². The number of esters is 2. The number of ether oxygens (including phenoxy) is 2. The number of phosphoric acid groups is 1. The second-order valence-electron chi connectivity index (χ2n) is 16.8. The third-order valence-electron chi connectivity index (χ3n) is 9.57. The van der Waals surface area contributed by atoms with Crippen LogP contribution in [0, 0.1) is 0 Å². The van der Waals surface area contributed by atoms with E-state index in [-0.39, 0.29) is 32.0 Å². The number of phosphoric ester groups is 1. The smallest absolute Gasteiger partial charge is 0.462 e. The molecule has 0 saturated carbocycles. The lowest BCUT2D eigenvalue weighted by molar-refractivity contribution is -0.870. The van der Waals surface area contributed by atoms with Gasteiger partial charge in [0, 0.05) is 12.8 Å². The fourth-order valence-electron chi connectivity index (χ4n) is 5.83. The van der Waals surface area contributed by atoms with Crippen molar-refractivity contribution in [1.82, 2.24) is 0 Å². The molecule has 1 N–H and O–H groups in total. The van der Waals surface area contributed by atoms with Gasteiger partial charge < -0.3 is 18.9 Å². The van der Waals surface area contributed by atoms with Crippen LogP contribution in [0.1, 0.15) is 162 Å². The van der Waals surface area contributed by atoms with Gasteiger partial charge in [-0.15, -0.1) is 0 Å². The summed E-state index contributed by atoms with van der Waals surface area (Å²) in [4.78, 5) is 35.3. The first-order valence-corrected chi connectivity index (χ1v) is 25.6. The van der Waals surface area contributed by atoms with Crippen molar-refractivity contribution >= 4 is 19.8 Å². The molecule has 0 aromatic carbocycles. The van der Waals surface area contributed by atoms with Gasteiger partial charge in [0.2, 0.25) is 0 Å². The van der Waals surface area contributed by atoms with Crippen LogP contribution in [0.3, 0.4) is 0 Å². The molecule has 0 aromatic rings. The lowest BCUT2D eigenvalue weighted by atomic mass is 10.1. The van der Waals surface area contributed by atoms with Crippen molar-refractivity contribution in [1.29, 1.82) is 0 Å². The molecule has 0 radical (unpaired) electrons. The molecule has 0 fully saturated rings. The second-order valence-corrected chi connectivity index (χ2v) is 18.2. The minimum absolute atomic E-state index is 0.0195. The SMILES string of the molecule is CC/C=C\C/C=C\C/C=C\C/C=C\C/C=C\C/C=C\C/C=C\C/C=C\C/C=C\CCCCCC(=O)OC(COC(=O)CCCCCCCCCC)COP(=O)(O)OCC[N+](C)(C)C. The number of carbonyl (C=O) groups is 2. The third kappa shape index (κ3) is 48.0. The van der Waals surface area contributed by atoms with E-state index in [1.807, 2.05) is 21.1 Å². The zero-order chi connectivity index (χ0) is 46.4. The Labute approximate surface area is 385 Å². The Morgan fingerprint density at radius 1 is 0.508 bits per heavy atom. The molecule has 0 aliphatic carbocycles. The average molecular weight is 899 g/mol. The molecule has 0 heterocycles. The monoisotopic (exact) mass is 899 g/mol. The lowest BCUT2D eigenvalue weighted by Crippen LogP contribution is -2.37. The molecule has 9 nitrogen and oxygen atoms in total. The molecule has 2 atom stereocenters. The molecule has 0 amide bonds. The van der Waals surface area contributed by atoms with Crippen molar-refractivity contribution < 1.29 is 42.1 Å². The van der Waals surface area contributed by atoms with E-state index in [2.05, 4.69) is 123 Å². The number of allylic oxidation sites excluding steroid dienone is 18. The maximum Gasteiger partial charge on any atom is 0.472 e. The predicted molar refractivity (Wildman–Crippen MR) is 265 cm³/mol. The van der Waals surface area contributed by atoms with E-state index in [0.29, 0.717) is 17.4 Å². The summed E-state index contributed by atoms with van der Waals surface area (Å²) in [6.07, 6.45) is 60.2. The number of hydrogen-bond acceptors (Lipinski definition) is 7. The first-order chi connectivity index (χ1) is 30.5. The molecule has 0 bridgehead atoms. The molecule has 0 aromatic heterocycles. The molecule has 0 spiro atoms. The number of likely N-dealkylation sites (N-methyl/N-ethyl adjacent to an activating group) is 1. The highest BCUT2D eigenvalue weighted by atomic mass is 31.2. The van der Waals surface area contributed by atoms with Gasteiger partial charge in [-0.1, -0.05) is 175 Å². The van der Waals surface area contributed by atoms with Crippen LogP contribution in [-0.2, 0) is 32.7 Å². The first-order valence-electron chi connectivity index (χ1n) is 24.1. The van der Waals surface area contributed by atoms with Crippen LogP contribution in [0.15, 0.2) is 109 Å². The normalized spacial score (nSPS) is 14.4. The van der Waals surface area contributed by atoms with Gasteiger partial charge in [-0.3, -0.25) is 18.6 Å². The minimum Gasteiger partial charge on any atom is -0.462 e. The van der Waals surface area contributed by atoms with Crippen molar-refractivity contribution in [3.05, 3.63) is 109 Å². The van der Waals surface area contributed by atoms with Gasteiger partial charge in [0.1, 0.15) is 19.8 Å². The highest BCUT2D eigenvalue weighted by Gasteiger charge is 2.27. The molecule has 0 aliphatic heterocycles. The predicted octanol–water partition coefficient (Wildman–Crippen LogP) is 14.3. The number of rotatable bonds is 42. The minimum atomic E-state index is -4.39. The zero-order valence-corrected chi connectivity index (χ0v) is 41.2. The Kier molecular flexibility index (Phi) is 41.6. The summed E-state index contributed by atoms with van der Waals surface area (Å²) in [5, 5.41) is 0. The van der Waals surface area contributed by atoms with Crippen LogP contribution in [-0.4, -0.2) is 74.9 Å². The van der Waals surface area contributed by atoms with Gasteiger partial charge in [0.15, 0.2) is 6.10 Å². The average Bonchev–Trinajstić information content (AvgIpc) is 3.24. The van der Waals surface area contributed by atoms with E-state index in [0.717, 1.165) is 96.3 Å². The Morgan fingerprint density at radius 3 is 1.35 bits per heavy atom. The highest BCUT2D eigenvalue weighted by Crippen LogP contribution is 2.43. The first kappa shape index (κ1) is 59.7. The van der Waals surface area contributed by atoms with Gasteiger partial charge in [-0.25, -0.2) is 4.57 Å². The van der Waals surface area contributed by atoms with Gasteiger partial charge in [-0.05, 0) is 83.5 Å². The van der Waals surface area contributed by atoms with Crippen LogP contribution >= 0.6 is 7.82 Å². The van der Waals surface area contributed by atoms with E-state index >= 15 is 0 Å². The second kappa shape index (κ2) is 43.9. The summed E-state index contributed by atoms with van der Waals surface area (Å²) >= 11 is 0. The van der Waals surface area contributed by atoms with Gasteiger partial charge >= 0.3 is 19.8 Å². The summed E-state index contributed by atoms with van der Waals surface area (Å²) in [5.74, 6) is -0.852. The standard InChI is InChI=1S/C53H88NO8P/c1-6-8-10-12-14-16-17-18-19-20-21-22-23-24-25-26-27-28-29-30-31-32-33-34-35-36-37-38-40-42-44-46-53(56)62-51(50-61-63(57,58)60-48-47-54(3,4)5)49-59-52(55)45-43-41-39-15-13-11-9-7-2/h8,10,14,16,18-19,21-22,24-25,27-28,30-31,33-34,36-37,51H,6-7,9,11-13,15,17,20,23,26,29,32,35,38-50H2,1-5H3/p+1/b10-8-,16-14-,19-18-,22-21-,25-24-,28-27-,31-30-,34-33-,37-36-. The summed E-state index contributed by atoms with van der Waals surface area (Å²) in [7, 11) is 1.43. The van der Waals surface area contributed by atoms with Crippen molar-refractivity contribution in [2.45, 2.75) is 168 Å². The summed E-state index contributed by atoms with van der Waals surface area (Å²) in [5.41, 5.74) is 0. The van der Waals surface area contributed by atoms with Crippen molar-refractivity contribution in [3.8, 4) is 0 Å². The topological polar surface area (TPSA) is 108 Å². The molecule has 0 aliphatic rings. The number of nitrogens with zero attached hydrogens (tertiary/aromatic N) is 1. The fraction of sp³-hybridized carbons (Fsp3) is 0.623. The zero-order valence-electron chi connectivity index (χ0n) is 40.3. The number of carbonyl (C=O) groups excluding carboxylic acids is 2. The van der Waals surface area contributed by atoms with Gasteiger partial charge in [0.25, 0.3) is 0 Å². The van der Waals surface area contributed by atoms with E-state index in [9.17, 15) is 19.0 Å². The van der Waals surface area contributed by atoms with E-state index in [1.165, 1.54) is 32.1 Å². The van der Waals surface area contributed by atoms with Crippen LogP contribution in [0.25, 0.3) is 0 Å². The fourth-order valence-corrected chi connectivity index (χ4v) is 6.57. The third-order valence-corrected chi connectivity index (χ3v) is 10.6. The van der Waals surface area contributed by atoms with Crippen LogP contribution < -0.4 is 0 Å². The largest absolute Gasteiger partial charge is 0.472 e. The van der Waals surface area contributed by atoms with Crippen LogP contribution in [0.2, 0.25) is 0 Å². The lowest BCUT2D eigenvalue weighted by Gasteiger charge is -2.24. The van der Waals surface area contributed by atoms with Crippen molar-refractivity contribution in [2.75, 3.05) is 47.5 Å². The molecular formula is C53H89NO8P+. The molecule has 63 heavy (non-hydrogen) atoms. The Hall–Kier alpha value is -3.33. The number of hydrogen-bond donors (Lipinski definition) is 1. The van der Waals surface area contributed by atoms with Gasteiger partial charge in [-0.2, -0.15) is 0 Å². The van der Waals surface area contributed by atoms with Crippen LogP contribution in [0.5, 0.6) is 0 Å². The molecule has 2 unspecified atom stereocenters. The Balaban J connectivity index is 4.26. The summed E-state index contributed by atoms with van der Waals surface area (Å²) in [6.45, 7) is 4.20. The summed E-state index contributed by atoms with van der Waals surface area (Å²) < 4.78 is 34.2. The van der Waals surface area contributed by atoms with E-state index in [1.54, 1.807) is 0 Å². The maximum atomic E-state index is 12.7. The maximum absolute atomic E-state index is 12.7. The van der Waals surface area contributed by atoms with E-state index < -0.39 is 26.5 Å². The Bertz CT molecular complexity index is 1430. The van der Waals surface area contributed by atoms with Crippen molar-refractivity contribution in [3.63, 3.8) is 0 Å².